The number of aromatic nitrogens is 4. The fourth-order valence-corrected chi connectivity index (χ4v) is 5.24. The molecule has 248 valence electrons. The van der Waals surface area contributed by atoms with Crippen LogP contribution in [0.15, 0.2) is 6.33 Å². The first-order valence-corrected chi connectivity index (χ1v) is 15.3. The number of ether oxygens (including phenoxy) is 7. The van der Waals surface area contributed by atoms with E-state index in [0.29, 0.717) is 4.90 Å². The minimum Gasteiger partial charge on any atom is -0.466 e. The van der Waals surface area contributed by atoms with Gasteiger partial charge in [0, 0.05) is 0 Å². The highest BCUT2D eigenvalue weighted by molar-refractivity contribution is 7.32. The van der Waals surface area contributed by atoms with Crippen molar-refractivity contribution in [3.05, 3.63) is 11.6 Å². The Bertz CT molecular complexity index is 1510. The maximum absolute atomic E-state index is 13.3. The second-order valence-electron chi connectivity index (χ2n) is 12.6. The molecule has 0 radical (unpaired) electrons. The lowest BCUT2D eigenvalue weighted by Gasteiger charge is -2.28. The number of imide groups is 1. The van der Waals surface area contributed by atoms with Gasteiger partial charge in [-0.3, -0.25) is 4.57 Å². The van der Waals surface area contributed by atoms with Gasteiger partial charge in [0.25, 0.3) is 5.85 Å². The zero-order valence-corrected chi connectivity index (χ0v) is 27.8. The van der Waals surface area contributed by atoms with Crippen LogP contribution >= 0.6 is 19.3 Å². The Balaban J connectivity index is 1.75. The highest BCUT2D eigenvalue weighted by atomic mass is 35.5. The van der Waals surface area contributed by atoms with E-state index >= 15 is 0 Å². The van der Waals surface area contributed by atoms with Crippen LogP contribution in [0, 0.1) is 0 Å². The van der Waals surface area contributed by atoms with Crippen molar-refractivity contribution in [2.45, 2.75) is 103 Å². The lowest BCUT2D eigenvalue weighted by molar-refractivity contribution is -0.203. The lowest BCUT2D eigenvalue weighted by atomic mass is 10.1. The molecule has 2 fully saturated rings. The van der Waals surface area contributed by atoms with E-state index in [4.69, 9.17) is 40.0 Å². The number of esters is 1. The van der Waals surface area contributed by atoms with Gasteiger partial charge in [-0.1, -0.05) is 0 Å². The van der Waals surface area contributed by atoms with Crippen LogP contribution < -0.4 is 4.90 Å². The number of nitrogens with zero attached hydrogens (tertiary/aromatic N) is 5. The van der Waals surface area contributed by atoms with Crippen molar-refractivity contribution in [3.63, 3.8) is 0 Å². The first-order valence-electron chi connectivity index (χ1n) is 13.7. The fraction of sp³-hybridized carbons (Fsp3) is 0.692. The molecule has 2 aliphatic rings. The average molecular weight is 676 g/mol. The number of carbonyl (C=O) groups excluding carboxylic acids is 3. The molecule has 0 N–H and O–H groups in total. The van der Waals surface area contributed by atoms with Gasteiger partial charge in [-0.05, 0) is 67.0 Å². The van der Waals surface area contributed by atoms with Crippen LogP contribution in [0.3, 0.4) is 0 Å². The van der Waals surface area contributed by atoms with E-state index in [1.54, 1.807) is 55.4 Å². The number of halogens is 1. The average Bonchev–Trinajstić information content (AvgIpc) is 3.52. The normalized spacial score (nSPS) is 23.3. The molecule has 2 aromatic heterocycles. The number of methoxy groups -OCH3 is 1. The van der Waals surface area contributed by atoms with E-state index in [9.17, 15) is 23.5 Å². The van der Waals surface area contributed by atoms with Gasteiger partial charge in [0.05, 0.1) is 20.0 Å². The summed E-state index contributed by atoms with van der Waals surface area (Å²) in [6, 6.07) is 0. The van der Waals surface area contributed by atoms with E-state index in [2.05, 4.69) is 19.7 Å². The highest BCUT2D eigenvalue weighted by Gasteiger charge is 2.56. The van der Waals surface area contributed by atoms with Gasteiger partial charge in [0.15, 0.2) is 29.0 Å². The highest BCUT2D eigenvalue weighted by Crippen LogP contribution is 2.44. The monoisotopic (exact) mass is 675 g/mol. The van der Waals surface area contributed by atoms with E-state index in [0.717, 1.165) is 7.11 Å². The molecule has 4 rings (SSSR count). The van der Waals surface area contributed by atoms with Gasteiger partial charge < -0.3 is 33.2 Å². The van der Waals surface area contributed by atoms with Crippen molar-refractivity contribution in [2.75, 3.05) is 18.6 Å². The van der Waals surface area contributed by atoms with Crippen LogP contribution in [0.4, 0.5) is 15.4 Å². The molecule has 0 aromatic carbocycles. The number of fused-ring (bicyclic) bond motifs is 2. The molecule has 0 spiro atoms. The number of imidazole rings is 1. The Kier molecular flexibility index (Phi) is 9.65. The Hall–Kier alpha value is -3.21. The smallest absolute Gasteiger partial charge is 0.425 e. The molecular formula is C26H35ClN5O12P. The number of amides is 2. The summed E-state index contributed by atoms with van der Waals surface area (Å²) >= 11 is 6.31. The standard InChI is InChI=1S/C26H35ClN5O12P/c1-24(2,3)43-22(34)32(23(35)44-25(4,5)6)17-13-16(29-21(27)30-17)31(11-28-13)18-15-14(41-26(7,8)42-15)12(40-18)10-39-20(45(36)37)19(33)38-9/h11-12,14-15,18,20H,10H2,1-9H3/t12-,14-,15-,18-,20?/m1/s1. The summed E-state index contributed by atoms with van der Waals surface area (Å²) in [5.41, 5.74) is -1.98. The molecule has 17 nitrogen and oxygen atoms in total. The van der Waals surface area contributed by atoms with Crippen molar-refractivity contribution in [3.8, 4) is 0 Å². The first kappa shape index (κ1) is 34.7. The third-order valence-electron chi connectivity index (χ3n) is 6.15. The zero-order valence-electron chi connectivity index (χ0n) is 26.1. The van der Waals surface area contributed by atoms with Crippen LogP contribution in [-0.2, 0) is 47.1 Å². The SMILES string of the molecule is COC(=O)C(OC[C@H]1O[C@@H](n2cnc3c(N(C(=O)OC(C)(C)C)C(=O)OC(C)(C)C)nc(Cl)nc32)[C@@H]2OC(C)(C)O[C@@H]21)P(=O)=O. The summed E-state index contributed by atoms with van der Waals surface area (Å²) < 4.78 is 63.8. The maximum atomic E-state index is 13.3. The molecule has 2 saturated heterocycles. The van der Waals surface area contributed by atoms with Gasteiger partial charge in [0.2, 0.25) is 5.28 Å². The zero-order chi connectivity index (χ0) is 33.6. The van der Waals surface area contributed by atoms with Crippen LogP contribution in [0.1, 0.15) is 61.6 Å². The van der Waals surface area contributed by atoms with Crippen molar-refractivity contribution in [1.82, 2.24) is 19.5 Å². The van der Waals surface area contributed by atoms with Crippen LogP contribution in [-0.4, -0.2) is 92.5 Å². The van der Waals surface area contributed by atoms with Gasteiger partial charge in [-0.15, -0.1) is 0 Å². The molecule has 4 heterocycles. The van der Waals surface area contributed by atoms with Crippen molar-refractivity contribution >= 4 is 54.4 Å². The minimum atomic E-state index is -3.33. The molecule has 2 aromatic rings. The summed E-state index contributed by atoms with van der Waals surface area (Å²) in [6.45, 7) is 12.7. The summed E-state index contributed by atoms with van der Waals surface area (Å²) in [4.78, 5) is 51.9. The molecule has 0 aliphatic carbocycles. The molecule has 5 atom stereocenters. The topological polar surface area (TPSA) is 197 Å². The molecule has 2 amide bonds. The molecule has 1 unspecified atom stereocenters. The second-order valence-corrected chi connectivity index (χ2v) is 13.9. The Morgan fingerprint density at radius 2 is 1.62 bits per heavy atom. The van der Waals surface area contributed by atoms with Crippen molar-refractivity contribution < 1.29 is 56.7 Å². The fourth-order valence-electron chi connectivity index (χ4n) is 4.60. The molecular weight excluding hydrogens is 641 g/mol. The quantitative estimate of drug-likeness (QED) is 0.174. The van der Waals surface area contributed by atoms with E-state index in [-0.39, 0.29) is 22.3 Å². The predicted octanol–water partition coefficient (Wildman–Crippen LogP) is 4.26. The Morgan fingerprint density at radius 1 is 1.04 bits per heavy atom. The second kappa shape index (κ2) is 12.5. The van der Waals surface area contributed by atoms with Crippen molar-refractivity contribution in [2.24, 2.45) is 0 Å². The summed E-state index contributed by atoms with van der Waals surface area (Å²) in [5.74, 6) is -4.36. The van der Waals surface area contributed by atoms with E-state index in [1.165, 1.54) is 10.9 Å². The lowest BCUT2D eigenvalue weighted by Crippen LogP contribution is -2.44. The molecule has 45 heavy (non-hydrogen) atoms. The molecule has 2 aliphatic heterocycles. The van der Waals surface area contributed by atoms with Crippen LogP contribution in [0.5, 0.6) is 0 Å². The Labute approximate surface area is 263 Å². The number of rotatable bonds is 7. The number of carbonyl (C=O) groups is 3. The predicted molar refractivity (Wildman–Crippen MR) is 153 cm³/mol. The van der Waals surface area contributed by atoms with Gasteiger partial charge in [-0.25, -0.2) is 28.5 Å². The van der Waals surface area contributed by atoms with Crippen LogP contribution in [0.25, 0.3) is 11.2 Å². The number of hydrogen-bond donors (Lipinski definition) is 0. The summed E-state index contributed by atoms with van der Waals surface area (Å²) in [7, 11) is -2.30. The van der Waals surface area contributed by atoms with Gasteiger partial charge >= 0.3 is 25.8 Å². The van der Waals surface area contributed by atoms with Gasteiger partial charge in [-0.2, -0.15) is 14.9 Å². The largest absolute Gasteiger partial charge is 0.466 e. The van der Waals surface area contributed by atoms with E-state index in [1.807, 2.05) is 0 Å². The van der Waals surface area contributed by atoms with Crippen LogP contribution in [0.2, 0.25) is 5.28 Å². The minimum absolute atomic E-state index is 0.0378. The molecule has 19 heteroatoms. The van der Waals surface area contributed by atoms with Gasteiger partial charge in [0.1, 0.15) is 29.5 Å². The Morgan fingerprint density at radius 3 is 2.16 bits per heavy atom. The van der Waals surface area contributed by atoms with Crippen molar-refractivity contribution in [1.29, 1.82) is 0 Å². The number of hydrogen-bond acceptors (Lipinski definition) is 15. The maximum Gasteiger partial charge on any atom is 0.425 e. The summed E-state index contributed by atoms with van der Waals surface area (Å²) in [5, 5.41) is -0.352. The molecule has 0 saturated carbocycles. The first-order chi connectivity index (χ1) is 20.7. The number of anilines is 1. The van der Waals surface area contributed by atoms with E-state index < -0.39 is 79.8 Å². The third kappa shape index (κ3) is 7.79. The molecule has 0 bridgehead atoms. The third-order valence-corrected chi connectivity index (χ3v) is 7.06. The summed E-state index contributed by atoms with van der Waals surface area (Å²) in [6.07, 6.45) is -4.42.